The fraction of sp³-hybridized carbons (Fsp3) is 0.600. The van der Waals surface area contributed by atoms with Gasteiger partial charge in [0.25, 0.3) is 0 Å². The van der Waals surface area contributed by atoms with Crippen molar-refractivity contribution < 1.29 is 5.11 Å². The Kier molecular flexibility index (Phi) is 3.72. The third kappa shape index (κ3) is 2.81. The molecule has 1 aliphatic rings. The van der Waals surface area contributed by atoms with Crippen molar-refractivity contribution in [1.82, 2.24) is 4.90 Å². The Bertz CT molecular complexity index is 377. The molecule has 2 rings (SSSR count). The van der Waals surface area contributed by atoms with Gasteiger partial charge in [-0.15, -0.1) is 0 Å². The summed E-state index contributed by atoms with van der Waals surface area (Å²) in [7, 11) is 0. The summed E-state index contributed by atoms with van der Waals surface area (Å²) in [6.07, 6.45) is 1.28. The van der Waals surface area contributed by atoms with Crippen molar-refractivity contribution >= 4 is 0 Å². The molecule has 1 fully saturated rings. The van der Waals surface area contributed by atoms with Gasteiger partial charge in [-0.3, -0.25) is 4.90 Å². The third-order valence-electron chi connectivity index (χ3n) is 4.27. The van der Waals surface area contributed by atoms with Crippen LogP contribution in [0.5, 0.6) is 5.75 Å². The molecule has 17 heavy (non-hydrogen) atoms. The summed E-state index contributed by atoms with van der Waals surface area (Å²) in [5, 5.41) is 9.54. The van der Waals surface area contributed by atoms with Crippen molar-refractivity contribution in [2.45, 2.75) is 33.2 Å². The molecule has 1 heterocycles. The molecule has 0 saturated carbocycles. The fourth-order valence-corrected chi connectivity index (χ4v) is 2.64. The summed E-state index contributed by atoms with van der Waals surface area (Å²) in [6.45, 7) is 9.25. The number of hydrogen-bond acceptors (Lipinski definition) is 2. The van der Waals surface area contributed by atoms with Crippen LogP contribution in [0.1, 0.15) is 38.8 Å². The first-order valence-corrected chi connectivity index (χ1v) is 6.61. The second-order valence-electron chi connectivity index (χ2n) is 5.51. The van der Waals surface area contributed by atoms with Crippen LogP contribution >= 0.6 is 0 Å². The van der Waals surface area contributed by atoms with Crippen LogP contribution < -0.4 is 0 Å². The number of hydrogen-bond donors (Lipinski definition) is 1. The summed E-state index contributed by atoms with van der Waals surface area (Å²) in [5.41, 5.74) is 1.21. The molecule has 1 aromatic carbocycles. The average molecular weight is 233 g/mol. The van der Waals surface area contributed by atoms with Crippen molar-refractivity contribution in [3.8, 4) is 5.75 Å². The Balaban J connectivity index is 2.07. The zero-order valence-corrected chi connectivity index (χ0v) is 11.1. The Morgan fingerprint density at radius 1 is 1.29 bits per heavy atom. The number of phenolic OH excluding ortho intramolecular Hbond substituents is 1. The molecule has 2 heteroatoms. The SMILES string of the molecule is CC1CCN(C(C)c2cccc(O)c2)CC1C. The summed E-state index contributed by atoms with van der Waals surface area (Å²) < 4.78 is 0. The third-order valence-corrected chi connectivity index (χ3v) is 4.27. The minimum absolute atomic E-state index is 0.368. The van der Waals surface area contributed by atoms with E-state index in [1.165, 1.54) is 18.5 Å². The maximum absolute atomic E-state index is 9.54. The molecule has 1 N–H and O–H groups in total. The molecular weight excluding hydrogens is 210 g/mol. The van der Waals surface area contributed by atoms with Crippen molar-refractivity contribution in [3.63, 3.8) is 0 Å². The predicted octanol–water partition coefficient (Wildman–Crippen LogP) is 3.43. The first kappa shape index (κ1) is 12.4. The van der Waals surface area contributed by atoms with E-state index in [1.54, 1.807) is 6.07 Å². The van der Waals surface area contributed by atoms with Gasteiger partial charge in [0, 0.05) is 12.6 Å². The van der Waals surface area contributed by atoms with E-state index in [0.29, 0.717) is 11.8 Å². The second-order valence-corrected chi connectivity index (χ2v) is 5.51. The quantitative estimate of drug-likeness (QED) is 0.846. The summed E-state index contributed by atoms with van der Waals surface area (Å²) in [4.78, 5) is 2.53. The molecule has 94 valence electrons. The van der Waals surface area contributed by atoms with E-state index in [4.69, 9.17) is 0 Å². The van der Waals surface area contributed by atoms with Crippen LogP contribution in [0.15, 0.2) is 24.3 Å². The van der Waals surface area contributed by atoms with Gasteiger partial charge in [0.1, 0.15) is 5.75 Å². The molecular formula is C15H23NO. The molecule has 0 aliphatic carbocycles. The normalized spacial score (nSPS) is 27.9. The highest BCUT2D eigenvalue weighted by Gasteiger charge is 2.26. The minimum Gasteiger partial charge on any atom is -0.508 e. The van der Waals surface area contributed by atoms with Gasteiger partial charge < -0.3 is 5.11 Å². The molecule has 0 spiro atoms. The Hall–Kier alpha value is -1.02. The molecule has 1 aliphatic heterocycles. The number of rotatable bonds is 2. The van der Waals surface area contributed by atoms with Crippen molar-refractivity contribution in [2.75, 3.05) is 13.1 Å². The van der Waals surface area contributed by atoms with E-state index in [1.807, 2.05) is 12.1 Å². The lowest BCUT2D eigenvalue weighted by Crippen LogP contribution is -2.39. The molecule has 1 saturated heterocycles. The highest BCUT2D eigenvalue weighted by molar-refractivity contribution is 5.29. The van der Waals surface area contributed by atoms with Gasteiger partial charge in [-0.2, -0.15) is 0 Å². The van der Waals surface area contributed by atoms with Crippen LogP contribution in [0.25, 0.3) is 0 Å². The van der Waals surface area contributed by atoms with Crippen molar-refractivity contribution in [2.24, 2.45) is 11.8 Å². The van der Waals surface area contributed by atoms with E-state index < -0.39 is 0 Å². The molecule has 1 aromatic rings. The van der Waals surface area contributed by atoms with Gasteiger partial charge in [-0.05, 0) is 49.4 Å². The zero-order chi connectivity index (χ0) is 12.4. The van der Waals surface area contributed by atoms with Gasteiger partial charge in [0.15, 0.2) is 0 Å². The summed E-state index contributed by atoms with van der Waals surface area (Å²) in [6, 6.07) is 8.05. The first-order chi connectivity index (χ1) is 8.08. The second kappa shape index (κ2) is 5.09. The zero-order valence-electron chi connectivity index (χ0n) is 11.1. The van der Waals surface area contributed by atoms with Crippen molar-refractivity contribution in [3.05, 3.63) is 29.8 Å². The predicted molar refractivity (Wildman–Crippen MR) is 71.0 cm³/mol. The number of likely N-dealkylation sites (tertiary alicyclic amines) is 1. The molecule has 0 radical (unpaired) electrons. The van der Waals surface area contributed by atoms with Crippen LogP contribution in [0.3, 0.4) is 0 Å². The fourth-order valence-electron chi connectivity index (χ4n) is 2.64. The first-order valence-electron chi connectivity index (χ1n) is 6.61. The van der Waals surface area contributed by atoms with Gasteiger partial charge in [-0.25, -0.2) is 0 Å². The van der Waals surface area contributed by atoms with Crippen LogP contribution in [-0.2, 0) is 0 Å². The molecule has 3 atom stereocenters. The Labute approximate surface area is 104 Å². The van der Waals surface area contributed by atoms with E-state index in [2.05, 4.69) is 31.7 Å². The highest BCUT2D eigenvalue weighted by Crippen LogP contribution is 2.30. The number of nitrogens with zero attached hydrogens (tertiary/aromatic N) is 1. The Morgan fingerprint density at radius 2 is 2.06 bits per heavy atom. The van der Waals surface area contributed by atoms with E-state index in [9.17, 15) is 5.11 Å². The van der Waals surface area contributed by atoms with E-state index in [-0.39, 0.29) is 0 Å². The monoisotopic (exact) mass is 233 g/mol. The highest BCUT2D eigenvalue weighted by atomic mass is 16.3. The summed E-state index contributed by atoms with van der Waals surface area (Å²) in [5.74, 6) is 1.97. The maximum atomic E-state index is 9.54. The van der Waals surface area contributed by atoms with Crippen LogP contribution in [0, 0.1) is 11.8 Å². The summed E-state index contributed by atoms with van der Waals surface area (Å²) >= 11 is 0. The molecule has 0 bridgehead atoms. The van der Waals surface area contributed by atoms with E-state index >= 15 is 0 Å². The van der Waals surface area contributed by atoms with Gasteiger partial charge in [0.05, 0.1) is 0 Å². The Morgan fingerprint density at radius 3 is 2.71 bits per heavy atom. The standard InChI is InChI=1S/C15H23NO/c1-11-7-8-16(10-12(11)2)13(3)14-5-4-6-15(17)9-14/h4-6,9,11-13,17H,7-8,10H2,1-3H3. The van der Waals surface area contributed by atoms with Crippen molar-refractivity contribution in [1.29, 1.82) is 0 Å². The van der Waals surface area contributed by atoms with Gasteiger partial charge in [-0.1, -0.05) is 26.0 Å². The average Bonchev–Trinajstić information content (AvgIpc) is 2.32. The lowest BCUT2D eigenvalue weighted by Gasteiger charge is -2.39. The lowest BCUT2D eigenvalue weighted by molar-refractivity contribution is 0.103. The number of piperidine rings is 1. The largest absolute Gasteiger partial charge is 0.508 e. The van der Waals surface area contributed by atoms with E-state index in [0.717, 1.165) is 18.4 Å². The number of phenols is 1. The molecule has 0 amide bonds. The molecule has 2 nitrogen and oxygen atoms in total. The number of benzene rings is 1. The minimum atomic E-state index is 0.368. The molecule has 0 aromatic heterocycles. The topological polar surface area (TPSA) is 23.5 Å². The van der Waals surface area contributed by atoms with Crippen LogP contribution in [0.4, 0.5) is 0 Å². The van der Waals surface area contributed by atoms with Gasteiger partial charge >= 0.3 is 0 Å². The van der Waals surface area contributed by atoms with Gasteiger partial charge in [0.2, 0.25) is 0 Å². The number of aromatic hydroxyl groups is 1. The van der Waals surface area contributed by atoms with Crippen LogP contribution in [0.2, 0.25) is 0 Å². The lowest BCUT2D eigenvalue weighted by atomic mass is 9.87. The maximum Gasteiger partial charge on any atom is 0.115 e. The van der Waals surface area contributed by atoms with Crippen LogP contribution in [-0.4, -0.2) is 23.1 Å². The smallest absolute Gasteiger partial charge is 0.115 e. The molecule has 3 unspecified atom stereocenters.